The van der Waals surface area contributed by atoms with E-state index in [-0.39, 0.29) is 11.8 Å². The zero-order valence-corrected chi connectivity index (χ0v) is 13.0. The summed E-state index contributed by atoms with van der Waals surface area (Å²) in [5, 5.41) is 9.25. The van der Waals surface area contributed by atoms with E-state index in [4.69, 9.17) is 0 Å². The fraction of sp³-hybridized carbons (Fsp3) is 0.467. The van der Waals surface area contributed by atoms with Gasteiger partial charge >= 0.3 is 5.97 Å². The maximum atomic E-state index is 12.5. The van der Waals surface area contributed by atoms with Crippen molar-refractivity contribution < 1.29 is 14.7 Å². The van der Waals surface area contributed by atoms with Crippen LogP contribution >= 0.6 is 15.9 Å². The third-order valence-electron chi connectivity index (χ3n) is 3.81. The van der Waals surface area contributed by atoms with Crippen molar-refractivity contribution in [3.63, 3.8) is 0 Å². The second-order valence-electron chi connectivity index (χ2n) is 5.15. The Kier molecular flexibility index (Phi) is 4.81. The van der Waals surface area contributed by atoms with Gasteiger partial charge in [-0.25, -0.2) is 4.79 Å². The van der Waals surface area contributed by atoms with E-state index in [0.29, 0.717) is 13.0 Å². The highest BCUT2D eigenvalue weighted by Gasteiger charge is 2.34. The number of nitrogens with zero attached hydrogens (tertiary/aromatic N) is 1. The Hall–Kier alpha value is -1.36. The minimum Gasteiger partial charge on any atom is -0.480 e. The number of aliphatic carboxylic acids is 1. The molecule has 0 spiro atoms. The molecule has 1 fully saturated rings. The average Bonchev–Trinajstić information content (AvgIpc) is 2.46. The topological polar surface area (TPSA) is 57.6 Å². The number of benzene rings is 1. The summed E-state index contributed by atoms with van der Waals surface area (Å²) in [4.78, 5) is 25.3. The molecule has 5 heteroatoms. The first-order valence-corrected chi connectivity index (χ1v) is 7.58. The maximum Gasteiger partial charge on any atom is 0.326 e. The predicted molar refractivity (Wildman–Crippen MR) is 79.5 cm³/mol. The van der Waals surface area contributed by atoms with Gasteiger partial charge in [-0.2, -0.15) is 0 Å². The van der Waals surface area contributed by atoms with Crippen molar-refractivity contribution in [3.8, 4) is 0 Å². The second-order valence-corrected chi connectivity index (χ2v) is 6.07. The lowest BCUT2D eigenvalue weighted by Gasteiger charge is -2.34. The van der Waals surface area contributed by atoms with Crippen molar-refractivity contribution in [3.05, 3.63) is 34.3 Å². The first-order chi connectivity index (χ1) is 9.50. The Balaban J connectivity index is 2.16. The van der Waals surface area contributed by atoms with E-state index in [2.05, 4.69) is 15.9 Å². The molecule has 0 radical (unpaired) electrons. The lowest BCUT2D eigenvalue weighted by Crippen LogP contribution is -2.49. The van der Waals surface area contributed by atoms with E-state index in [0.717, 1.165) is 22.9 Å². The van der Waals surface area contributed by atoms with Crippen molar-refractivity contribution in [1.82, 2.24) is 4.90 Å². The quantitative estimate of drug-likeness (QED) is 0.920. The van der Waals surface area contributed by atoms with Crippen molar-refractivity contribution in [2.24, 2.45) is 0 Å². The first kappa shape index (κ1) is 15.0. The molecule has 0 aliphatic carbocycles. The smallest absolute Gasteiger partial charge is 0.326 e. The molecule has 1 aromatic rings. The summed E-state index contributed by atoms with van der Waals surface area (Å²) in [6.45, 7) is 2.37. The van der Waals surface area contributed by atoms with E-state index in [9.17, 15) is 14.7 Å². The lowest BCUT2D eigenvalue weighted by atomic mass is 9.95. The number of carboxylic acid groups (broad SMARTS) is 1. The molecule has 1 unspecified atom stereocenters. The zero-order valence-electron chi connectivity index (χ0n) is 11.4. The predicted octanol–water partition coefficient (Wildman–Crippen LogP) is 3.02. The van der Waals surface area contributed by atoms with Crippen LogP contribution in [0.5, 0.6) is 0 Å². The van der Waals surface area contributed by atoms with Gasteiger partial charge in [0.2, 0.25) is 5.91 Å². The molecule has 4 nitrogen and oxygen atoms in total. The van der Waals surface area contributed by atoms with Crippen LogP contribution in [0.25, 0.3) is 0 Å². The van der Waals surface area contributed by atoms with Crippen molar-refractivity contribution in [2.45, 2.75) is 38.1 Å². The van der Waals surface area contributed by atoms with Gasteiger partial charge in [-0.3, -0.25) is 4.79 Å². The SMILES string of the molecule is CC(C(=O)N1CCCC[C@@H]1C(=O)O)c1ccc(Br)cc1. The number of carbonyl (C=O) groups is 2. The van der Waals surface area contributed by atoms with Gasteiger partial charge in [-0.05, 0) is 43.9 Å². The van der Waals surface area contributed by atoms with Crippen LogP contribution in [0, 0.1) is 0 Å². The molecule has 1 aromatic carbocycles. The fourth-order valence-corrected chi connectivity index (χ4v) is 2.86. The van der Waals surface area contributed by atoms with E-state index < -0.39 is 12.0 Å². The highest BCUT2D eigenvalue weighted by molar-refractivity contribution is 9.10. The van der Waals surface area contributed by atoms with Gasteiger partial charge in [0.1, 0.15) is 6.04 Å². The van der Waals surface area contributed by atoms with E-state index in [1.165, 1.54) is 4.90 Å². The molecule has 1 aliphatic rings. The first-order valence-electron chi connectivity index (χ1n) is 6.79. The Morgan fingerprint density at radius 1 is 1.30 bits per heavy atom. The molecule has 20 heavy (non-hydrogen) atoms. The standard InChI is InChI=1S/C15H18BrNO3/c1-10(11-5-7-12(16)8-6-11)14(18)17-9-3-2-4-13(17)15(19)20/h5-8,10,13H,2-4,9H2,1H3,(H,19,20)/t10?,13-/m1/s1. The third kappa shape index (κ3) is 3.20. The fourth-order valence-electron chi connectivity index (χ4n) is 2.59. The number of hydrogen-bond acceptors (Lipinski definition) is 2. The van der Waals surface area contributed by atoms with Crippen LogP contribution in [0.3, 0.4) is 0 Å². The molecule has 0 aromatic heterocycles. The van der Waals surface area contributed by atoms with Gasteiger partial charge in [0.05, 0.1) is 5.92 Å². The van der Waals surface area contributed by atoms with Crippen LogP contribution in [0.1, 0.15) is 37.7 Å². The van der Waals surface area contributed by atoms with Gasteiger partial charge in [0.25, 0.3) is 0 Å². The molecule has 108 valence electrons. The van der Waals surface area contributed by atoms with Crippen LogP contribution in [0.4, 0.5) is 0 Å². The second kappa shape index (κ2) is 6.39. The molecular weight excluding hydrogens is 322 g/mol. The van der Waals surface area contributed by atoms with Gasteiger partial charge in [0.15, 0.2) is 0 Å². The normalized spacial score (nSPS) is 20.5. The highest BCUT2D eigenvalue weighted by Crippen LogP contribution is 2.25. The third-order valence-corrected chi connectivity index (χ3v) is 4.34. The van der Waals surface area contributed by atoms with E-state index in [1.54, 1.807) is 0 Å². The molecule has 1 saturated heterocycles. The Bertz CT molecular complexity index is 500. The Labute approximate surface area is 126 Å². The molecule has 1 amide bonds. The molecule has 1 N–H and O–H groups in total. The molecule has 0 saturated carbocycles. The number of carbonyl (C=O) groups excluding carboxylic acids is 1. The van der Waals surface area contributed by atoms with Crippen molar-refractivity contribution in [2.75, 3.05) is 6.54 Å². The van der Waals surface area contributed by atoms with Gasteiger partial charge < -0.3 is 10.0 Å². The Morgan fingerprint density at radius 2 is 1.95 bits per heavy atom. The number of piperidine rings is 1. The summed E-state index contributed by atoms with van der Waals surface area (Å²) in [5.41, 5.74) is 0.910. The monoisotopic (exact) mass is 339 g/mol. The molecular formula is C15H18BrNO3. The van der Waals surface area contributed by atoms with Crippen LogP contribution in [-0.4, -0.2) is 34.5 Å². The van der Waals surface area contributed by atoms with Crippen LogP contribution < -0.4 is 0 Å². The van der Waals surface area contributed by atoms with E-state index in [1.807, 2.05) is 31.2 Å². The zero-order chi connectivity index (χ0) is 14.7. The molecule has 0 bridgehead atoms. The molecule has 2 atom stereocenters. The largest absolute Gasteiger partial charge is 0.480 e. The van der Waals surface area contributed by atoms with Gasteiger partial charge in [0, 0.05) is 11.0 Å². The number of amides is 1. The number of halogens is 1. The average molecular weight is 340 g/mol. The lowest BCUT2D eigenvalue weighted by molar-refractivity contribution is -0.152. The summed E-state index contributed by atoms with van der Waals surface area (Å²) in [7, 11) is 0. The van der Waals surface area contributed by atoms with Gasteiger partial charge in [-0.15, -0.1) is 0 Å². The minimum absolute atomic E-state index is 0.0978. The summed E-state index contributed by atoms with van der Waals surface area (Å²) in [5.74, 6) is -1.32. The van der Waals surface area contributed by atoms with Crippen LogP contribution in [0.15, 0.2) is 28.7 Å². The number of carboxylic acids is 1. The summed E-state index contributed by atoms with van der Waals surface area (Å²) < 4.78 is 0.960. The number of likely N-dealkylation sites (tertiary alicyclic amines) is 1. The minimum atomic E-state index is -0.902. The van der Waals surface area contributed by atoms with Crippen LogP contribution in [-0.2, 0) is 9.59 Å². The molecule has 2 rings (SSSR count). The molecule has 1 aliphatic heterocycles. The van der Waals surface area contributed by atoms with Crippen molar-refractivity contribution in [1.29, 1.82) is 0 Å². The summed E-state index contributed by atoms with van der Waals surface area (Å²) >= 11 is 3.36. The Morgan fingerprint density at radius 3 is 2.55 bits per heavy atom. The summed E-state index contributed by atoms with van der Waals surface area (Å²) in [6.07, 6.45) is 2.30. The molecule has 1 heterocycles. The number of hydrogen-bond donors (Lipinski definition) is 1. The summed E-state index contributed by atoms with van der Waals surface area (Å²) in [6, 6.07) is 6.90. The highest BCUT2D eigenvalue weighted by atomic mass is 79.9. The number of rotatable bonds is 3. The van der Waals surface area contributed by atoms with Crippen molar-refractivity contribution >= 4 is 27.8 Å². The van der Waals surface area contributed by atoms with Crippen LogP contribution in [0.2, 0.25) is 0 Å². The van der Waals surface area contributed by atoms with E-state index >= 15 is 0 Å². The maximum absolute atomic E-state index is 12.5. The van der Waals surface area contributed by atoms with Gasteiger partial charge in [-0.1, -0.05) is 28.1 Å².